The fourth-order valence-electron chi connectivity index (χ4n) is 13.2. The molecule has 35 heteroatoms. The van der Waals surface area contributed by atoms with Crippen LogP contribution < -0.4 is 69.1 Å². The summed E-state index contributed by atoms with van der Waals surface area (Å²) in [5.74, 6) is -27.1. The lowest BCUT2D eigenvalue weighted by Crippen LogP contribution is -2.64. The maximum atomic E-state index is 15.3. The van der Waals surface area contributed by atoms with E-state index in [0.717, 1.165) is 6.42 Å². The Labute approximate surface area is 682 Å². The van der Waals surface area contributed by atoms with Crippen molar-refractivity contribution in [2.45, 2.75) is 280 Å². The number of nitrogens with one attached hydrogen (secondary N) is 13. The zero-order valence-electron chi connectivity index (χ0n) is 70.7. The second-order valence-corrected chi connectivity index (χ2v) is 32.5. The quantitative estimate of drug-likeness (QED) is 0.0116. The molecule has 2 heterocycles. The van der Waals surface area contributed by atoms with Crippen LogP contribution in [0.15, 0.2) is 48.2 Å². The van der Waals surface area contributed by atoms with Crippen LogP contribution in [0.1, 0.15) is 205 Å². The van der Waals surface area contributed by atoms with Crippen LogP contribution in [0.2, 0.25) is 0 Å². The first-order chi connectivity index (χ1) is 54.8. The van der Waals surface area contributed by atoms with Gasteiger partial charge < -0.3 is 83.9 Å². The number of likely N-dealkylation sites (tertiary alicyclic amines) is 1. The van der Waals surface area contributed by atoms with Gasteiger partial charge in [0.1, 0.15) is 84.3 Å². The summed E-state index contributed by atoms with van der Waals surface area (Å²) in [6.45, 7) is 29.9. The van der Waals surface area contributed by atoms with E-state index >= 15 is 14.4 Å². The Morgan fingerprint density at radius 3 is 1.71 bits per heavy atom. The summed E-state index contributed by atoms with van der Waals surface area (Å²) in [6.07, 6.45) is -0.852. The van der Waals surface area contributed by atoms with Crippen LogP contribution in [0.3, 0.4) is 0 Å². The number of cyclic esters (lactones) is 1. The van der Waals surface area contributed by atoms with E-state index in [1.807, 2.05) is 13.8 Å². The van der Waals surface area contributed by atoms with E-state index in [4.69, 9.17) is 4.74 Å². The highest BCUT2D eigenvalue weighted by Crippen LogP contribution is 2.25. The molecule has 2 aliphatic rings. The van der Waals surface area contributed by atoms with E-state index < -0.39 is 251 Å². The molecule has 2 saturated heterocycles. The number of halogens is 4. The monoisotopic (exact) mass is 1650 g/mol. The van der Waals surface area contributed by atoms with E-state index in [1.165, 1.54) is 38.7 Å². The molecule has 0 unspecified atom stereocenters. The lowest BCUT2D eigenvalue weighted by molar-refractivity contribution is -0.157. The highest BCUT2D eigenvalue weighted by Gasteiger charge is 2.45. The van der Waals surface area contributed by atoms with Crippen molar-refractivity contribution < 1.29 is 99.3 Å². The first kappa shape index (κ1) is 99.3. The molecule has 31 nitrogen and oxygen atoms in total. The van der Waals surface area contributed by atoms with Gasteiger partial charge in [-0.3, -0.25) is 67.1 Å². The van der Waals surface area contributed by atoms with Gasteiger partial charge in [-0.15, -0.1) is 0 Å². The number of carbonyl (C=O) groups is 15. The summed E-state index contributed by atoms with van der Waals surface area (Å²) >= 11 is 0. The average molecular weight is 1650 g/mol. The van der Waals surface area contributed by atoms with E-state index in [1.54, 1.807) is 120 Å². The Kier molecular flexibility index (Phi) is 39.7. The second-order valence-electron chi connectivity index (χ2n) is 32.5. The van der Waals surface area contributed by atoms with Gasteiger partial charge in [-0.05, 0) is 112 Å². The molecule has 2 fully saturated rings. The maximum Gasteiger partial charge on any atom is 0.329 e. The lowest BCUT2D eigenvalue weighted by Gasteiger charge is -2.34. The van der Waals surface area contributed by atoms with Crippen LogP contribution in [-0.4, -0.2) is 196 Å². The van der Waals surface area contributed by atoms with Gasteiger partial charge in [-0.2, -0.15) is 0 Å². The third kappa shape index (κ3) is 28.9. The number of hydrogen-bond acceptors (Lipinski definition) is 17. The molecule has 117 heavy (non-hydrogen) atoms. The molecule has 0 spiro atoms. The van der Waals surface area contributed by atoms with Gasteiger partial charge in [0, 0.05) is 25.9 Å². The molecule has 0 aromatic heterocycles. The van der Waals surface area contributed by atoms with Crippen molar-refractivity contribution in [3.8, 4) is 0 Å². The molecule has 0 bridgehead atoms. The number of amides is 14. The summed E-state index contributed by atoms with van der Waals surface area (Å²) in [5.41, 5.74) is -0.948. The van der Waals surface area contributed by atoms with Crippen molar-refractivity contribution in [1.29, 1.82) is 0 Å². The van der Waals surface area contributed by atoms with E-state index in [2.05, 4.69) is 69.1 Å². The van der Waals surface area contributed by atoms with Crippen LogP contribution in [0.4, 0.5) is 17.6 Å². The molecular formula is C82H124F4N14O17. The molecule has 2 aromatic rings. The number of carbonyl (C=O) groups excluding carboxylic acids is 15. The van der Waals surface area contributed by atoms with Crippen LogP contribution in [0.25, 0.3) is 0 Å². The van der Waals surface area contributed by atoms with Gasteiger partial charge >= 0.3 is 5.97 Å². The molecule has 2 aliphatic heterocycles. The van der Waals surface area contributed by atoms with E-state index in [0.29, 0.717) is 17.9 Å². The Hall–Kier alpha value is -10.1. The lowest BCUT2D eigenvalue weighted by atomic mass is 9.95. The van der Waals surface area contributed by atoms with Crippen LogP contribution in [0.5, 0.6) is 0 Å². The number of nitrogens with zero attached hydrogens (tertiary/aromatic N) is 1. The van der Waals surface area contributed by atoms with Crippen molar-refractivity contribution in [2.24, 2.45) is 47.3 Å². The van der Waals surface area contributed by atoms with Crippen molar-refractivity contribution in [2.75, 3.05) is 13.1 Å². The number of esters is 1. The number of allylic oxidation sites excluding steroid dienone is 1. The Morgan fingerprint density at radius 1 is 0.598 bits per heavy atom. The van der Waals surface area contributed by atoms with Gasteiger partial charge in [0.15, 0.2) is 23.3 Å². The Morgan fingerprint density at radius 2 is 1.15 bits per heavy atom. The predicted molar refractivity (Wildman–Crippen MR) is 425 cm³/mol. The van der Waals surface area contributed by atoms with Crippen molar-refractivity contribution in [3.05, 3.63) is 82.6 Å². The number of rotatable bonds is 35. The normalized spacial score (nSPS) is 21.4. The zero-order valence-corrected chi connectivity index (χ0v) is 70.7. The largest absolute Gasteiger partial charge is 0.458 e. The number of aliphatic hydroxyl groups excluding tert-OH is 1. The maximum absolute atomic E-state index is 15.3. The summed E-state index contributed by atoms with van der Waals surface area (Å²) < 4.78 is 63.4. The minimum Gasteiger partial charge on any atom is -0.458 e. The van der Waals surface area contributed by atoms with Crippen molar-refractivity contribution in [3.63, 3.8) is 0 Å². The predicted octanol–water partition coefficient (Wildman–Crippen LogP) is 3.86. The van der Waals surface area contributed by atoms with Crippen LogP contribution >= 0.6 is 0 Å². The Balaban J connectivity index is 1.76. The van der Waals surface area contributed by atoms with Gasteiger partial charge in [-0.1, -0.05) is 166 Å². The van der Waals surface area contributed by atoms with Crippen molar-refractivity contribution >= 4 is 88.7 Å². The second kappa shape index (κ2) is 46.7. The molecular weight excluding hydrogens is 1530 g/mol. The zero-order chi connectivity index (χ0) is 88.3. The number of hydrogen-bond donors (Lipinski definition) is 14. The van der Waals surface area contributed by atoms with Gasteiger partial charge in [0.05, 0.1) is 11.7 Å². The summed E-state index contributed by atoms with van der Waals surface area (Å²) in [4.78, 5) is 217. The van der Waals surface area contributed by atoms with Crippen molar-refractivity contribution in [1.82, 2.24) is 74.0 Å². The number of benzene rings is 2. The molecule has 2 aromatic carbocycles. The molecule has 14 N–H and O–H groups in total. The summed E-state index contributed by atoms with van der Waals surface area (Å²) in [6, 6.07) is -9.31. The number of ether oxygens (including phenoxy) is 1. The molecule has 0 radical (unpaired) electrons. The SMILES string of the molecule is C/C=C1\NC(=O)[C@H](Cc2ccccc2)NC(=O)[C@@H](C(C)C)NC(=O)[C@@H]([C@@H](C)CC)NC(=O)[C@H](NC(=O)[C@H](NC(=O)[C@H](CCCNC(=O)c2cc(F)c(F)c(F)c2F)NC(=O)[C@H]2CCCN2C(=O)[C@H](NC(=O)[C@@H](NC(=O)[C@@H](NC(=O)[C@H](NC(=O)CCCC(C)C)C(C)C)[C@@H](C)O)C(C)C)C(C)C)[C@@H](C)CC)[C@@H](C)OC(=O)[C@H](C(C)C)NC1=O. The fourth-order valence-corrected chi connectivity index (χ4v) is 13.2. The fraction of sp³-hybridized carbons (Fsp3) is 0.646. The van der Waals surface area contributed by atoms with Crippen LogP contribution in [-0.2, 0) is 78.3 Å². The number of aliphatic hydroxyl groups is 1. The summed E-state index contributed by atoms with van der Waals surface area (Å²) in [7, 11) is 0. The van der Waals surface area contributed by atoms with E-state index in [-0.39, 0.29) is 69.2 Å². The molecule has 14 amide bonds. The average Bonchev–Trinajstić information content (AvgIpc) is 1.80. The summed E-state index contributed by atoms with van der Waals surface area (Å²) in [5, 5.41) is 44.7. The molecule has 0 saturated carbocycles. The molecule has 4 rings (SSSR count). The molecule has 652 valence electrons. The smallest absolute Gasteiger partial charge is 0.329 e. The third-order valence-electron chi connectivity index (χ3n) is 20.9. The topological polar surface area (TPSA) is 445 Å². The molecule has 16 atom stereocenters. The minimum absolute atomic E-state index is 0.0278. The highest BCUT2D eigenvalue weighted by molar-refractivity contribution is 6.03. The van der Waals surface area contributed by atoms with Crippen LogP contribution in [0, 0.1) is 70.6 Å². The first-order valence-corrected chi connectivity index (χ1v) is 40.5. The van der Waals surface area contributed by atoms with Gasteiger partial charge in [-0.25, -0.2) is 22.4 Å². The standard InChI is InChI=1S/C82H124F4N14O17/c1-20-45(16)65(78(112)99-68-48(19)117-82(116)64(44(14)15)95-70(104)52(22-3)88-72(106)54(37-49-30-24-23-25-31-49)90-74(108)61(41(8)9)92-77(111)66(46(17)21-2)97-80(68)114)96-71(105)53(32-27-35-87-69(103)50-38-51(83)58(85)59(86)57(50)84)89-73(107)55-33-28-36-100(55)81(115)63(43(12)13)94-76(110)62(42(10)11)93-79(113)67(47(18)101)98-75(109)60(40(6)7)91-56(102)34-26-29-39(4)5/h22-25,30-31,38-48,53-55,60-68,101H,20-21,26-29,32-37H2,1-19H3,(H,87,103)(H,88,106)(H,89,107)(H,90,108)(H,91,102)(H,92,111)(H,93,113)(H,94,110)(H,95,104)(H,96,105)(H,97,114)(H,98,109)(H,99,112)/b52-22-/t45-,46-,47+,48+,53-,54-,55+,60+,61+,62-,63+,64-,65+,66+,67-,68+/m0/s1. The first-order valence-electron chi connectivity index (χ1n) is 40.5. The van der Waals surface area contributed by atoms with E-state index in [9.17, 15) is 80.2 Å². The molecule has 0 aliphatic carbocycles. The Bertz CT molecular complexity index is 3860. The van der Waals surface area contributed by atoms with Gasteiger partial charge in [0.25, 0.3) is 11.8 Å². The third-order valence-corrected chi connectivity index (χ3v) is 20.9. The van der Waals surface area contributed by atoms with Gasteiger partial charge in [0.2, 0.25) is 70.9 Å². The highest BCUT2D eigenvalue weighted by atomic mass is 19.2. The minimum atomic E-state index is -2.27.